The predicted octanol–water partition coefficient (Wildman–Crippen LogP) is 3.59. The van der Waals surface area contributed by atoms with E-state index in [1.807, 2.05) is 6.07 Å². The van der Waals surface area contributed by atoms with E-state index < -0.39 is 0 Å². The molecule has 1 aliphatic heterocycles. The first kappa shape index (κ1) is 19.2. The molecule has 148 valence electrons. The van der Waals surface area contributed by atoms with Crippen molar-refractivity contribution in [3.05, 3.63) is 58.4 Å². The summed E-state index contributed by atoms with van der Waals surface area (Å²) in [6.07, 6.45) is 3.50. The summed E-state index contributed by atoms with van der Waals surface area (Å²) in [5.74, 6) is 0.185. The van der Waals surface area contributed by atoms with Crippen molar-refractivity contribution in [3.8, 4) is 0 Å². The minimum Gasteiger partial charge on any atom is -0.379 e. The molecule has 1 amide bonds. The van der Waals surface area contributed by atoms with E-state index in [-0.39, 0.29) is 11.8 Å². The summed E-state index contributed by atoms with van der Waals surface area (Å²) in [6.45, 7) is 5.36. The molecule has 4 rings (SSSR count). The van der Waals surface area contributed by atoms with Crippen LogP contribution in [0.15, 0.2) is 47.3 Å². The number of hydrogen-bond donors (Lipinski definition) is 2. The number of fused-ring (bicyclic) bond motifs is 1. The Hall–Kier alpha value is -2.15. The zero-order valence-electron chi connectivity index (χ0n) is 16.0. The molecule has 28 heavy (non-hydrogen) atoms. The van der Waals surface area contributed by atoms with Gasteiger partial charge in [-0.1, -0.05) is 18.2 Å². The molecule has 1 unspecified atom stereocenters. The Kier molecular flexibility index (Phi) is 6.41. The Morgan fingerprint density at radius 2 is 2.11 bits per heavy atom. The lowest BCUT2D eigenvalue weighted by atomic mass is 9.89. The number of hydrogen-bond acceptors (Lipinski definition) is 4. The normalized spacial score (nSPS) is 16.3. The first-order valence-electron chi connectivity index (χ1n) is 9.96. The monoisotopic (exact) mass is 397 g/mol. The van der Waals surface area contributed by atoms with Crippen LogP contribution in [0, 0.1) is 0 Å². The van der Waals surface area contributed by atoms with E-state index in [1.54, 1.807) is 11.3 Å². The zero-order chi connectivity index (χ0) is 19.2. The third-order valence-electron chi connectivity index (χ3n) is 5.41. The van der Waals surface area contributed by atoms with Crippen molar-refractivity contribution in [2.75, 3.05) is 39.4 Å². The molecular formula is C22H27N3O2S. The molecule has 5 nitrogen and oxygen atoms in total. The van der Waals surface area contributed by atoms with Gasteiger partial charge in [0, 0.05) is 49.1 Å². The van der Waals surface area contributed by atoms with Gasteiger partial charge in [0.05, 0.1) is 13.2 Å². The summed E-state index contributed by atoms with van der Waals surface area (Å²) in [5.41, 5.74) is 3.51. The highest BCUT2D eigenvalue weighted by Crippen LogP contribution is 2.34. The molecule has 3 heterocycles. The second-order valence-electron chi connectivity index (χ2n) is 7.26. The van der Waals surface area contributed by atoms with Crippen molar-refractivity contribution in [1.82, 2.24) is 15.2 Å². The maximum absolute atomic E-state index is 12.7. The number of aromatic amines is 1. The van der Waals surface area contributed by atoms with Crippen molar-refractivity contribution < 1.29 is 9.53 Å². The quantitative estimate of drug-likeness (QED) is 0.571. The van der Waals surface area contributed by atoms with Gasteiger partial charge >= 0.3 is 0 Å². The standard InChI is InChI=1S/C22H27N3O2S/c26-22(23-7-3-8-25-9-11-27-12-10-25)14-19(17-6-13-28-16-17)20-15-24-21-5-2-1-4-18(20)21/h1-2,4-6,13,15-16,19,24H,3,7-12,14H2,(H,23,26). The number of carbonyl (C=O) groups excluding carboxylic acids is 1. The summed E-state index contributed by atoms with van der Waals surface area (Å²) in [4.78, 5) is 18.4. The molecule has 1 fully saturated rings. The lowest BCUT2D eigenvalue weighted by Gasteiger charge is -2.26. The number of morpholine rings is 1. The number of nitrogens with one attached hydrogen (secondary N) is 2. The summed E-state index contributed by atoms with van der Waals surface area (Å²) >= 11 is 1.68. The molecular weight excluding hydrogens is 370 g/mol. The Labute approximate surface area is 169 Å². The number of rotatable bonds is 8. The molecule has 0 radical (unpaired) electrons. The van der Waals surface area contributed by atoms with Crippen molar-refractivity contribution in [3.63, 3.8) is 0 Å². The van der Waals surface area contributed by atoms with Crippen LogP contribution < -0.4 is 5.32 Å². The molecule has 0 saturated carbocycles. The molecule has 0 spiro atoms. The summed E-state index contributed by atoms with van der Waals surface area (Å²) in [5, 5.41) is 8.55. The maximum atomic E-state index is 12.7. The Morgan fingerprint density at radius 3 is 2.93 bits per heavy atom. The van der Waals surface area contributed by atoms with Crippen molar-refractivity contribution in [2.45, 2.75) is 18.8 Å². The van der Waals surface area contributed by atoms with Crippen LogP contribution >= 0.6 is 11.3 Å². The minimum absolute atomic E-state index is 0.0710. The van der Waals surface area contributed by atoms with Gasteiger partial charge in [0.2, 0.25) is 5.91 Å². The molecule has 0 aliphatic carbocycles. The molecule has 0 bridgehead atoms. The molecule has 1 atom stereocenters. The highest BCUT2D eigenvalue weighted by atomic mass is 32.1. The topological polar surface area (TPSA) is 57.4 Å². The van der Waals surface area contributed by atoms with E-state index >= 15 is 0 Å². The largest absolute Gasteiger partial charge is 0.379 e. The average Bonchev–Trinajstić information content (AvgIpc) is 3.40. The van der Waals surface area contributed by atoms with Gasteiger partial charge in [0.25, 0.3) is 0 Å². The van der Waals surface area contributed by atoms with Crippen LogP contribution in [0.4, 0.5) is 0 Å². The van der Waals surface area contributed by atoms with Gasteiger partial charge in [-0.2, -0.15) is 11.3 Å². The average molecular weight is 398 g/mol. The predicted molar refractivity (Wildman–Crippen MR) is 114 cm³/mol. The number of amides is 1. The number of H-pyrrole nitrogens is 1. The van der Waals surface area contributed by atoms with Gasteiger partial charge in [-0.3, -0.25) is 9.69 Å². The first-order valence-corrected chi connectivity index (χ1v) is 10.9. The third-order valence-corrected chi connectivity index (χ3v) is 6.11. The molecule has 1 aromatic carbocycles. The molecule has 1 aliphatic rings. The third kappa shape index (κ3) is 4.63. The maximum Gasteiger partial charge on any atom is 0.220 e. The van der Waals surface area contributed by atoms with E-state index in [1.165, 1.54) is 16.5 Å². The fraction of sp³-hybridized carbons (Fsp3) is 0.409. The fourth-order valence-electron chi connectivity index (χ4n) is 3.88. The van der Waals surface area contributed by atoms with Gasteiger partial charge in [-0.25, -0.2) is 0 Å². The minimum atomic E-state index is 0.0710. The Morgan fingerprint density at radius 1 is 1.25 bits per heavy atom. The van der Waals surface area contributed by atoms with Gasteiger partial charge in [-0.05, 0) is 47.0 Å². The van der Waals surface area contributed by atoms with Crippen LogP contribution in [-0.4, -0.2) is 55.2 Å². The number of aromatic nitrogens is 1. The summed E-state index contributed by atoms with van der Waals surface area (Å²) in [6, 6.07) is 10.4. The van der Waals surface area contributed by atoms with E-state index in [4.69, 9.17) is 4.74 Å². The second-order valence-corrected chi connectivity index (χ2v) is 8.04. The molecule has 6 heteroatoms. The van der Waals surface area contributed by atoms with Crippen molar-refractivity contribution in [1.29, 1.82) is 0 Å². The summed E-state index contributed by atoms with van der Waals surface area (Å²) in [7, 11) is 0. The number of ether oxygens (including phenoxy) is 1. The van der Waals surface area contributed by atoms with Crippen molar-refractivity contribution in [2.24, 2.45) is 0 Å². The number of carbonyl (C=O) groups is 1. The molecule has 3 aromatic rings. The van der Waals surface area contributed by atoms with Crippen LogP contribution in [0.25, 0.3) is 10.9 Å². The number of nitrogens with zero attached hydrogens (tertiary/aromatic N) is 1. The van der Waals surface area contributed by atoms with Gasteiger partial charge in [0.1, 0.15) is 0 Å². The highest BCUT2D eigenvalue weighted by Gasteiger charge is 2.21. The van der Waals surface area contributed by atoms with E-state index in [9.17, 15) is 4.79 Å². The van der Waals surface area contributed by atoms with E-state index in [0.29, 0.717) is 6.42 Å². The van der Waals surface area contributed by atoms with E-state index in [2.05, 4.69) is 56.4 Å². The Balaban J connectivity index is 1.37. The van der Waals surface area contributed by atoms with Crippen LogP contribution in [0.3, 0.4) is 0 Å². The van der Waals surface area contributed by atoms with Crippen LogP contribution in [-0.2, 0) is 9.53 Å². The van der Waals surface area contributed by atoms with Crippen LogP contribution in [0.2, 0.25) is 0 Å². The smallest absolute Gasteiger partial charge is 0.220 e. The number of thiophene rings is 1. The molecule has 1 saturated heterocycles. The lowest BCUT2D eigenvalue weighted by molar-refractivity contribution is -0.121. The Bertz CT molecular complexity index is 884. The number of benzene rings is 1. The molecule has 2 N–H and O–H groups in total. The van der Waals surface area contributed by atoms with Crippen molar-refractivity contribution >= 4 is 28.1 Å². The van der Waals surface area contributed by atoms with Crippen LogP contribution in [0.5, 0.6) is 0 Å². The van der Waals surface area contributed by atoms with Gasteiger partial charge in [-0.15, -0.1) is 0 Å². The van der Waals surface area contributed by atoms with Crippen LogP contribution in [0.1, 0.15) is 29.9 Å². The second kappa shape index (κ2) is 9.37. The SMILES string of the molecule is O=C(CC(c1ccsc1)c1c[nH]c2ccccc12)NCCCN1CCOCC1. The van der Waals surface area contributed by atoms with Gasteiger partial charge < -0.3 is 15.0 Å². The molecule has 2 aromatic heterocycles. The van der Waals surface area contributed by atoms with E-state index in [0.717, 1.165) is 51.3 Å². The first-order chi connectivity index (χ1) is 13.8. The fourth-order valence-corrected chi connectivity index (χ4v) is 4.59. The highest BCUT2D eigenvalue weighted by molar-refractivity contribution is 7.08. The van der Waals surface area contributed by atoms with Gasteiger partial charge in [0.15, 0.2) is 0 Å². The zero-order valence-corrected chi connectivity index (χ0v) is 16.8. The lowest BCUT2D eigenvalue weighted by Crippen LogP contribution is -2.38. The number of para-hydroxylation sites is 1. The summed E-state index contributed by atoms with van der Waals surface area (Å²) < 4.78 is 5.38.